The second-order valence-corrected chi connectivity index (χ2v) is 2.23. The molecule has 0 unspecified atom stereocenters. The largest absolute Gasteiger partial charge is 0.313 e. The van der Waals surface area contributed by atoms with E-state index in [-0.39, 0.29) is 0 Å². The summed E-state index contributed by atoms with van der Waals surface area (Å²) in [5.41, 5.74) is 0. The molecule has 0 aliphatic heterocycles. The second-order valence-electron chi connectivity index (χ2n) is 2.23. The number of alkyl halides is 7. The van der Waals surface area contributed by atoms with Crippen LogP contribution in [0.4, 0.5) is 30.7 Å². The molecule has 0 atom stereocenters. The van der Waals surface area contributed by atoms with E-state index in [2.05, 4.69) is 0 Å². The Labute approximate surface area is 63.4 Å². The smallest absolute Gasteiger partial charge is 0.244 e. The van der Waals surface area contributed by atoms with Crippen LogP contribution < -0.4 is 0 Å². The predicted molar refractivity (Wildman–Crippen MR) is 26.5 cm³/mol. The van der Waals surface area contributed by atoms with Crippen molar-refractivity contribution in [2.24, 2.45) is 0 Å². The number of halogens is 7. The first kappa shape index (κ1) is 11.5. The van der Waals surface area contributed by atoms with E-state index in [0.29, 0.717) is 0 Å². The van der Waals surface area contributed by atoms with Gasteiger partial charge in [-0.1, -0.05) is 0 Å². The van der Waals surface area contributed by atoms with Crippen LogP contribution in [-0.2, 0) is 0 Å². The molecule has 0 aliphatic carbocycles. The molecule has 0 nitrogen and oxygen atoms in total. The van der Waals surface area contributed by atoms with Gasteiger partial charge in [0.05, 0.1) is 6.42 Å². The lowest BCUT2D eigenvalue weighted by Gasteiger charge is -2.19. The molecule has 0 aromatic rings. The van der Waals surface area contributed by atoms with Crippen LogP contribution in [0, 0.1) is 0 Å². The molecule has 0 amide bonds. The molecule has 12 heavy (non-hydrogen) atoms. The molecule has 0 bridgehead atoms. The fraction of sp³-hybridized carbons (Fsp3) is 1.00. The Hall–Kier alpha value is -0.490. The molecule has 7 heteroatoms. The minimum atomic E-state index is -4.84. The summed E-state index contributed by atoms with van der Waals surface area (Å²) in [4.78, 5) is 0. The van der Waals surface area contributed by atoms with Crippen molar-refractivity contribution in [3.05, 3.63) is 0 Å². The van der Waals surface area contributed by atoms with Gasteiger partial charge in [0.15, 0.2) is 6.67 Å². The summed E-state index contributed by atoms with van der Waals surface area (Å²) >= 11 is 0. The zero-order valence-corrected chi connectivity index (χ0v) is 5.64. The van der Waals surface area contributed by atoms with Crippen molar-refractivity contribution in [2.45, 2.75) is 24.7 Å². The van der Waals surface area contributed by atoms with Crippen LogP contribution in [0.25, 0.3) is 0 Å². The molecule has 0 saturated heterocycles. The van der Waals surface area contributed by atoms with Gasteiger partial charge in [-0.05, 0) is 0 Å². The van der Waals surface area contributed by atoms with Crippen LogP contribution in [0.3, 0.4) is 0 Å². The van der Waals surface area contributed by atoms with Gasteiger partial charge < -0.3 is 0 Å². The Balaban J connectivity index is 4.23. The number of rotatable bonds is 4. The van der Waals surface area contributed by atoms with Crippen LogP contribution in [0.1, 0.15) is 6.42 Å². The Morgan fingerprint density at radius 2 is 1.42 bits per heavy atom. The third kappa shape index (κ3) is 3.27. The summed E-state index contributed by atoms with van der Waals surface area (Å²) in [6.45, 7) is -2.37. The molecule has 0 spiro atoms. The van der Waals surface area contributed by atoms with Gasteiger partial charge >= 0.3 is 12.3 Å². The van der Waals surface area contributed by atoms with Crippen LogP contribution >= 0.6 is 0 Å². The molecule has 0 fully saturated rings. The Morgan fingerprint density at radius 3 is 1.67 bits per heavy atom. The fourth-order valence-electron chi connectivity index (χ4n) is 0.469. The molecule has 0 rings (SSSR count). The van der Waals surface area contributed by atoms with Crippen LogP contribution in [-0.4, -0.2) is 24.9 Å². The van der Waals surface area contributed by atoms with Gasteiger partial charge in [0, 0.05) is 0 Å². The van der Waals surface area contributed by atoms with Gasteiger partial charge in [-0.3, -0.25) is 0 Å². The van der Waals surface area contributed by atoms with Gasteiger partial charge in [-0.15, -0.1) is 0 Å². The highest BCUT2D eigenvalue weighted by atomic mass is 19.3. The highest BCUT2D eigenvalue weighted by molar-refractivity contribution is 4.78. The summed E-state index contributed by atoms with van der Waals surface area (Å²) in [6.07, 6.45) is -6.66. The summed E-state index contributed by atoms with van der Waals surface area (Å²) in [5, 5.41) is 0. The van der Waals surface area contributed by atoms with Crippen molar-refractivity contribution < 1.29 is 30.7 Å². The molecule has 0 heterocycles. The van der Waals surface area contributed by atoms with E-state index in [9.17, 15) is 30.7 Å². The van der Waals surface area contributed by atoms with Gasteiger partial charge in [-0.2, -0.15) is 0 Å². The summed E-state index contributed by atoms with van der Waals surface area (Å²) < 4.78 is 81.1. The lowest BCUT2D eigenvalue weighted by atomic mass is 10.1. The van der Waals surface area contributed by atoms with Crippen LogP contribution in [0.2, 0.25) is 0 Å². The minimum absolute atomic E-state index is 2.37. The van der Waals surface area contributed by atoms with Gasteiger partial charge in [0.1, 0.15) is 0 Å². The Kier molecular flexibility index (Phi) is 3.34. The van der Waals surface area contributed by atoms with Crippen molar-refractivity contribution in [3.63, 3.8) is 0 Å². The van der Waals surface area contributed by atoms with Crippen LogP contribution in [0.15, 0.2) is 0 Å². The summed E-state index contributed by atoms with van der Waals surface area (Å²) in [7, 11) is 0. The highest BCUT2D eigenvalue weighted by Crippen LogP contribution is 2.35. The van der Waals surface area contributed by atoms with E-state index >= 15 is 0 Å². The molecule has 0 aromatic heterocycles. The second kappa shape index (κ2) is 3.49. The van der Waals surface area contributed by atoms with E-state index in [1.807, 2.05) is 0 Å². The third-order valence-corrected chi connectivity index (χ3v) is 1.01. The Morgan fingerprint density at radius 1 is 1.00 bits per heavy atom. The first-order valence-corrected chi connectivity index (χ1v) is 2.81. The van der Waals surface area contributed by atoms with Crippen molar-refractivity contribution in [2.75, 3.05) is 6.67 Å². The van der Waals surface area contributed by atoms with Crippen molar-refractivity contribution in [3.8, 4) is 0 Å². The molecule has 0 aliphatic rings. The van der Waals surface area contributed by atoms with Crippen molar-refractivity contribution >= 4 is 0 Å². The molecule has 0 radical (unpaired) electrons. The maximum atomic E-state index is 11.8. The van der Waals surface area contributed by atoms with Gasteiger partial charge in [0.25, 0.3) is 5.92 Å². The molecule has 0 saturated carbocycles. The highest BCUT2D eigenvalue weighted by Gasteiger charge is 2.49. The normalized spacial score (nSPS) is 14.0. The predicted octanol–water partition coefficient (Wildman–Crippen LogP) is 2.88. The third-order valence-electron chi connectivity index (χ3n) is 1.01. The lowest BCUT2D eigenvalue weighted by molar-refractivity contribution is -0.182. The summed E-state index contributed by atoms with van der Waals surface area (Å²) in [6, 6.07) is 0. The summed E-state index contributed by atoms with van der Waals surface area (Å²) in [5.74, 6) is -9.23. The van der Waals surface area contributed by atoms with Crippen molar-refractivity contribution in [1.29, 1.82) is 0 Å². The SMILES string of the molecule is FCC(F)(F)CC(F)(F)C(F)F. The fourth-order valence-corrected chi connectivity index (χ4v) is 0.469. The van der Waals surface area contributed by atoms with E-state index < -0.39 is 31.4 Å². The standard InChI is InChI=1S/C5H5F7/c6-2-4(9,10)1-5(11,12)3(7)8/h3H,1-2H2. The monoisotopic (exact) mass is 198 g/mol. The molecular weight excluding hydrogens is 193 g/mol. The Bertz CT molecular complexity index is 141. The molecule has 0 aromatic carbocycles. The maximum absolute atomic E-state index is 11.8. The first-order chi connectivity index (χ1) is 5.21. The quantitative estimate of drug-likeness (QED) is 0.609. The van der Waals surface area contributed by atoms with Crippen LogP contribution in [0.5, 0.6) is 0 Å². The molecule has 74 valence electrons. The molecule has 0 N–H and O–H groups in total. The van der Waals surface area contributed by atoms with E-state index in [1.165, 1.54) is 0 Å². The first-order valence-electron chi connectivity index (χ1n) is 2.81. The maximum Gasteiger partial charge on any atom is 0.313 e. The van der Waals surface area contributed by atoms with Crippen molar-refractivity contribution in [1.82, 2.24) is 0 Å². The van der Waals surface area contributed by atoms with E-state index in [4.69, 9.17) is 0 Å². The van der Waals surface area contributed by atoms with Gasteiger partial charge in [0.2, 0.25) is 0 Å². The zero-order valence-electron chi connectivity index (χ0n) is 5.64. The number of hydrogen-bond donors (Lipinski definition) is 0. The van der Waals surface area contributed by atoms with Gasteiger partial charge in [-0.25, -0.2) is 30.7 Å². The topological polar surface area (TPSA) is 0 Å². The average Bonchev–Trinajstić information content (AvgIpc) is 1.85. The zero-order chi connectivity index (χ0) is 9.99. The minimum Gasteiger partial charge on any atom is -0.244 e. The molecular formula is C5H5F7. The lowest BCUT2D eigenvalue weighted by Crippen LogP contribution is -2.36. The average molecular weight is 198 g/mol. The number of hydrogen-bond acceptors (Lipinski definition) is 0. The van der Waals surface area contributed by atoms with E-state index in [1.54, 1.807) is 0 Å². The van der Waals surface area contributed by atoms with E-state index in [0.717, 1.165) is 0 Å².